The van der Waals surface area contributed by atoms with Gasteiger partial charge < -0.3 is 21.1 Å². The van der Waals surface area contributed by atoms with Crippen molar-refractivity contribution in [1.82, 2.24) is 16.0 Å². The van der Waals surface area contributed by atoms with Gasteiger partial charge in [0.15, 0.2) is 6.10 Å². The number of aliphatic hydroxyl groups excluding tert-OH is 1. The topological polar surface area (TPSA) is 108 Å². The Morgan fingerprint density at radius 2 is 1.56 bits per heavy atom. The highest BCUT2D eigenvalue weighted by atomic mass is 35.5. The zero-order valence-electron chi connectivity index (χ0n) is 19.9. The Balaban J connectivity index is 2.09. The van der Waals surface area contributed by atoms with Gasteiger partial charge in [-0.3, -0.25) is 14.4 Å². The van der Waals surface area contributed by atoms with Crippen molar-refractivity contribution in [2.24, 2.45) is 5.92 Å². The SMILES string of the molecule is CCNC(=O)C(O)C(Cc1ccc(Cl)cc1)NC(=O)[C@@H](NC(=O)CCc1ccccc1)C(C)C. The Bertz CT molecular complexity index is 935. The molecule has 0 saturated carbocycles. The first-order valence-electron chi connectivity index (χ1n) is 11.5. The molecule has 34 heavy (non-hydrogen) atoms. The molecule has 0 aliphatic heterocycles. The van der Waals surface area contributed by atoms with Crippen LogP contribution in [-0.4, -0.2) is 47.6 Å². The van der Waals surface area contributed by atoms with E-state index in [0.29, 0.717) is 18.0 Å². The number of hydrogen-bond acceptors (Lipinski definition) is 4. The van der Waals surface area contributed by atoms with Gasteiger partial charge in [0.2, 0.25) is 11.8 Å². The number of likely N-dealkylation sites (N-methyl/N-ethyl adjacent to an activating group) is 1. The third-order valence-electron chi connectivity index (χ3n) is 5.45. The van der Waals surface area contributed by atoms with Crippen molar-refractivity contribution in [3.05, 3.63) is 70.7 Å². The van der Waals surface area contributed by atoms with Crippen LogP contribution in [0.1, 0.15) is 38.3 Å². The Morgan fingerprint density at radius 3 is 2.15 bits per heavy atom. The maximum absolute atomic E-state index is 13.1. The molecular formula is C26H34ClN3O4. The molecule has 2 aromatic carbocycles. The second-order valence-electron chi connectivity index (χ2n) is 8.56. The number of aryl methyl sites for hydroxylation is 1. The molecule has 0 radical (unpaired) electrons. The lowest BCUT2D eigenvalue weighted by atomic mass is 9.98. The Morgan fingerprint density at radius 1 is 0.912 bits per heavy atom. The average Bonchev–Trinajstić information content (AvgIpc) is 2.82. The second kappa shape index (κ2) is 13.7. The second-order valence-corrected chi connectivity index (χ2v) is 9.00. The van der Waals surface area contributed by atoms with E-state index in [1.165, 1.54) is 0 Å². The van der Waals surface area contributed by atoms with Crippen molar-refractivity contribution in [2.45, 2.75) is 58.2 Å². The van der Waals surface area contributed by atoms with Crippen LogP contribution in [0.3, 0.4) is 0 Å². The Kier molecular flexibility index (Phi) is 11.0. The third-order valence-corrected chi connectivity index (χ3v) is 5.70. The highest BCUT2D eigenvalue weighted by Gasteiger charge is 2.31. The lowest BCUT2D eigenvalue weighted by molar-refractivity contribution is -0.134. The lowest BCUT2D eigenvalue weighted by Crippen LogP contribution is -2.57. The predicted molar refractivity (Wildman–Crippen MR) is 133 cm³/mol. The summed E-state index contributed by atoms with van der Waals surface area (Å²) in [6.07, 6.45) is -0.431. The van der Waals surface area contributed by atoms with Crippen LogP contribution in [0, 0.1) is 5.92 Å². The summed E-state index contributed by atoms with van der Waals surface area (Å²) in [7, 11) is 0. The molecule has 184 valence electrons. The fraction of sp³-hybridized carbons (Fsp3) is 0.423. The molecule has 2 rings (SSSR count). The standard InChI is InChI=1S/C26H34ClN3O4/c1-4-28-26(34)24(32)21(16-19-10-13-20(27)14-11-19)29-25(33)23(17(2)3)30-22(31)15-12-18-8-6-5-7-9-18/h5-11,13-14,17,21,23-24,32H,4,12,15-16H2,1-3H3,(H,28,34)(H,29,33)(H,30,31)/t21?,23-,24?/m0/s1. The zero-order chi connectivity index (χ0) is 25.1. The summed E-state index contributed by atoms with van der Waals surface area (Å²) >= 11 is 5.95. The molecule has 4 N–H and O–H groups in total. The van der Waals surface area contributed by atoms with E-state index in [-0.39, 0.29) is 24.7 Å². The van der Waals surface area contributed by atoms with Crippen LogP contribution in [-0.2, 0) is 27.2 Å². The molecule has 0 aliphatic rings. The first-order valence-corrected chi connectivity index (χ1v) is 11.9. The van der Waals surface area contributed by atoms with Crippen molar-refractivity contribution in [1.29, 1.82) is 0 Å². The molecule has 8 heteroatoms. The fourth-order valence-electron chi connectivity index (χ4n) is 3.53. The number of halogens is 1. The number of hydrogen-bond donors (Lipinski definition) is 4. The molecule has 0 aliphatic carbocycles. The molecule has 0 fully saturated rings. The molecule has 3 atom stereocenters. The minimum atomic E-state index is -1.46. The molecule has 0 aromatic heterocycles. The molecule has 2 unspecified atom stereocenters. The zero-order valence-corrected chi connectivity index (χ0v) is 20.6. The van der Waals surface area contributed by atoms with E-state index in [1.54, 1.807) is 31.2 Å². The van der Waals surface area contributed by atoms with Crippen molar-refractivity contribution in [3.8, 4) is 0 Å². The maximum Gasteiger partial charge on any atom is 0.250 e. The van der Waals surface area contributed by atoms with Crippen LogP contribution >= 0.6 is 11.6 Å². The van der Waals surface area contributed by atoms with Crippen LogP contribution in [0.2, 0.25) is 5.02 Å². The Hall–Kier alpha value is -2.90. The van der Waals surface area contributed by atoms with E-state index in [9.17, 15) is 19.5 Å². The number of benzene rings is 2. The monoisotopic (exact) mass is 487 g/mol. The summed E-state index contributed by atoms with van der Waals surface area (Å²) in [6, 6.07) is 14.9. The van der Waals surface area contributed by atoms with Gasteiger partial charge in [0.1, 0.15) is 6.04 Å². The van der Waals surface area contributed by atoms with Gasteiger partial charge >= 0.3 is 0 Å². The van der Waals surface area contributed by atoms with E-state index in [4.69, 9.17) is 11.6 Å². The quantitative estimate of drug-likeness (QED) is 0.369. The number of amides is 3. The summed E-state index contributed by atoms with van der Waals surface area (Å²) in [5, 5.41) is 19.4. The number of carbonyl (C=O) groups is 3. The summed E-state index contributed by atoms with van der Waals surface area (Å²) in [5.74, 6) is -1.46. The number of carbonyl (C=O) groups excluding carboxylic acids is 3. The normalized spacial score (nSPS) is 13.6. The first-order chi connectivity index (χ1) is 16.2. The molecule has 2 aromatic rings. The fourth-order valence-corrected chi connectivity index (χ4v) is 3.66. The molecule has 7 nitrogen and oxygen atoms in total. The summed E-state index contributed by atoms with van der Waals surface area (Å²) < 4.78 is 0. The smallest absolute Gasteiger partial charge is 0.250 e. The Labute approximate surface area is 206 Å². The van der Waals surface area contributed by atoms with Gasteiger partial charge in [-0.15, -0.1) is 0 Å². The highest BCUT2D eigenvalue weighted by Crippen LogP contribution is 2.14. The number of nitrogens with one attached hydrogen (secondary N) is 3. The molecule has 0 heterocycles. The van der Waals surface area contributed by atoms with Gasteiger partial charge in [-0.1, -0.05) is 67.9 Å². The number of rotatable bonds is 12. The van der Waals surface area contributed by atoms with Gasteiger partial charge in [0.25, 0.3) is 5.91 Å². The lowest BCUT2D eigenvalue weighted by Gasteiger charge is -2.28. The highest BCUT2D eigenvalue weighted by molar-refractivity contribution is 6.30. The summed E-state index contributed by atoms with van der Waals surface area (Å²) in [4.78, 5) is 38.0. The molecule has 3 amide bonds. The molecule has 0 saturated heterocycles. The van der Waals surface area contributed by atoms with E-state index < -0.39 is 30.0 Å². The third kappa shape index (κ3) is 8.80. The van der Waals surface area contributed by atoms with Crippen LogP contribution in [0.25, 0.3) is 0 Å². The largest absolute Gasteiger partial charge is 0.381 e. The van der Waals surface area contributed by atoms with Crippen molar-refractivity contribution >= 4 is 29.3 Å². The van der Waals surface area contributed by atoms with E-state index in [0.717, 1.165) is 11.1 Å². The van der Waals surface area contributed by atoms with Crippen LogP contribution in [0.5, 0.6) is 0 Å². The van der Waals surface area contributed by atoms with Gasteiger partial charge in [-0.2, -0.15) is 0 Å². The van der Waals surface area contributed by atoms with Crippen LogP contribution in [0.15, 0.2) is 54.6 Å². The molecule has 0 bridgehead atoms. The van der Waals surface area contributed by atoms with Crippen molar-refractivity contribution in [2.75, 3.05) is 6.54 Å². The van der Waals surface area contributed by atoms with Gasteiger partial charge in [-0.05, 0) is 48.9 Å². The molecular weight excluding hydrogens is 454 g/mol. The first kappa shape index (κ1) is 27.3. The summed E-state index contributed by atoms with van der Waals surface area (Å²) in [6.45, 7) is 5.76. The van der Waals surface area contributed by atoms with Crippen molar-refractivity contribution in [3.63, 3.8) is 0 Å². The predicted octanol–water partition coefficient (Wildman–Crippen LogP) is 2.64. The minimum Gasteiger partial charge on any atom is -0.381 e. The van der Waals surface area contributed by atoms with Gasteiger partial charge in [-0.25, -0.2) is 0 Å². The molecule has 0 spiro atoms. The van der Waals surface area contributed by atoms with Crippen LogP contribution in [0.4, 0.5) is 0 Å². The minimum absolute atomic E-state index is 0.196. The average molecular weight is 488 g/mol. The van der Waals surface area contributed by atoms with E-state index >= 15 is 0 Å². The summed E-state index contributed by atoms with van der Waals surface area (Å²) in [5.41, 5.74) is 1.84. The van der Waals surface area contributed by atoms with Crippen molar-refractivity contribution < 1.29 is 19.5 Å². The van der Waals surface area contributed by atoms with Crippen LogP contribution < -0.4 is 16.0 Å². The number of aliphatic hydroxyl groups is 1. The van der Waals surface area contributed by atoms with Gasteiger partial charge in [0.05, 0.1) is 6.04 Å². The van der Waals surface area contributed by atoms with E-state index in [2.05, 4.69) is 16.0 Å². The van der Waals surface area contributed by atoms with Gasteiger partial charge in [0, 0.05) is 18.0 Å². The van der Waals surface area contributed by atoms with E-state index in [1.807, 2.05) is 44.2 Å². The maximum atomic E-state index is 13.1.